The predicted molar refractivity (Wildman–Crippen MR) is 110 cm³/mol. The molecule has 0 spiro atoms. The molecule has 1 aromatic carbocycles. The van der Waals surface area contributed by atoms with Crippen molar-refractivity contribution < 1.29 is 14.6 Å². The summed E-state index contributed by atoms with van der Waals surface area (Å²) in [7, 11) is 0. The summed E-state index contributed by atoms with van der Waals surface area (Å²) in [5, 5.41) is 11.0. The summed E-state index contributed by atoms with van der Waals surface area (Å²) in [6, 6.07) is 8.29. The molecule has 28 heavy (non-hydrogen) atoms. The van der Waals surface area contributed by atoms with Gasteiger partial charge in [0.2, 0.25) is 0 Å². The van der Waals surface area contributed by atoms with Crippen molar-refractivity contribution in [3.8, 4) is 0 Å². The van der Waals surface area contributed by atoms with Crippen molar-refractivity contribution in [2.75, 3.05) is 44.3 Å². The van der Waals surface area contributed by atoms with Gasteiger partial charge in [0, 0.05) is 60.9 Å². The number of hydrogen-bond acceptors (Lipinski definition) is 5. The molecule has 6 nitrogen and oxygen atoms in total. The summed E-state index contributed by atoms with van der Waals surface area (Å²) in [4.78, 5) is 20.6. The van der Waals surface area contributed by atoms with Crippen molar-refractivity contribution in [2.24, 2.45) is 5.92 Å². The van der Waals surface area contributed by atoms with Crippen LogP contribution in [0.2, 0.25) is 5.02 Å². The molecule has 2 aromatic rings. The highest BCUT2D eigenvalue weighted by molar-refractivity contribution is 6.31. The van der Waals surface area contributed by atoms with Crippen LogP contribution in [0.5, 0.6) is 0 Å². The quantitative estimate of drug-likeness (QED) is 0.826. The zero-order valence-corrected chi connectivity index (χ0v) is 16.6. The number of carbonyl (C=O) groups is 1. The van der Waals surface area contributed by atoms with E-state index in [1.807, 2.05) is 24.4 Å². The number of benzene rings is 1. The van der Waals surface area contributed by atoms with Crippen LogP contribution >= 0.6 is 11.6 Å². The van der Waals surface area contributed by atoms with Crippen LogP contribution in [0, 0.1) is 5.92 Å². The highest BCUT2D eigenvalue weighted by Gasteiger charge is 2.34. The molecule has 0 aliphatic carbocycles. The highest BCUT2D eigenvalue weighted by Crippen LogP contribution is 2.33. The summed E-state index contributed by atoms with van der Waals surface area (Å²) in [6.45, 7) is 5.21. The standard InChI is InChI=1S/C21H26ClN3O3/c22-16-2-3-17-18(13-16)23-7-5-20(17)25-8-6-19(24-9-11-28-12-10-24)15(14-25)1-4-21(26)27/h2-3,5,7,13,15,19H,1,4,6,8-12,14H2,(H,26,27)/t15-,19+/m1/s1. The number of pyridine rings is 1. The topological polar surface area (TPSA) is 65.9 Å². The first-order valence-corrected chi connectivity index (χ1v) is 10.3. The van der Waals surface area contributed by atoms with Gasteiger partial charge in [-0.05, 0) is 43.0 Å². The van der Waals surface area contributed by atoms with Gasteiger partial charge < -0.3 is 14.7 Å². The van der Waals surface area contributed by atoms with Crippen LogP contribution < -0.4 is 4.90 Å². The average molecular weight is 404 g/mol. The summed E-state index contributed by atoms with van der Waals surface area (Å²) >= 11 is 6.13. The maximum Gasteiger partial charge on any atom is 0.303 e. The van der Waals surface area contributed by atoms with E-state index >= 15 is 0 Å². The zero-order valence-electron chi connectivity index (χ0n) is 15.9. The number of piperidine rings is 1. The maximum atomic E-state index is 11.2. The number of hydrogen-bond donors (Lipinski definition) is 1. The number of carboxylic acid groups (broad SMARTS) is 1. The van der Waals surface area contributed by atoms with Crippen molar-refractivity contribution in [3.63, 3.8) is 0 Å². The first-order chi connectivity index (χ1) is 13.6. The van der Waals surface area contributed by atoms with E-state index in [-0.39, 0.29) is 6.42 Å². The highest BCUT2D eigenvalue weighted by atomic mass is 35.5. The Kier molecular flexibility index (Phi) is 5.99. The Morgan fingerprint density at radius 2 is 2.07 bits per heavy atom. The van der Waals surface area contributed by atoms with E-state index in [1.165, 1.54) is 0 Å². The zero-order chi connectivity index (χ0) is 19.5. The van der Waals surface area contributed by atoms with Crippen molar-refractivity contribution >= 4 is 34.2 Å². The predicted octanol–water partition coefficient (Wildman–Crippen LogP) is 3.28. The van der Waals surface area contributed by atoms with Gasteiger partial charge in [0.05, 0.1) is 18.7 Å². The number of fused-ring (bicyclic) bond motifs is 1. The third-order valence-corrected chi connectivity index (χ3v) is 6.20. The van der Waals surface area contributed by atoms with E-state index in [2.05, 4.69) is 20.9 Å². The monoisotopic (exact) mass is 403 g/mol. The van der Waals surface area contributed by atoms with Gasteiger partial charge in [-0.3, -0.25) is 14.7 Å². The molecule has 1 N–H and O–H groups in total. The van der Waals surface area contributed by atoms with Gasteiger partial charge in [-0.15, -0.1) is 0 Å². The Labute approximate surface area is 170 Å². The summed E-state index contributed by atoms with van der Waals surface area (Å²) in [5.74, 6) is -0.402. The molecule has 3 heterocycles. The molecule has 0 saturated carbocycles. The van der Waals surface area contributed by atoms with Gasteiger partial charge >= 0.3 is 5.97 Å². The fourth-order valence-corrected chi connectivity index (χ4v) is 4.77. The van der Waals surface area contributed by atoms with Crippen LogP contribution in [0.3, 0.4) is 0 Å². The third kappa shape index (κ3) is 4.24. The lowest BCUT2D eigenvalue weighted by molar-refractivity contribution is -0.137. The Morgan fingerprint density at radius 3 is 2.86 bits per heavy atom. The van der Waals surface area contributed by atoms with E-state index in [9.17, 15) is 9.90 Å². The van der Waals surface area contributed by atoms with Crippen LogP contribution in [-0.2, 0) is 9.53 Å². The SMILES string of the molecule is O=C(O)CC[C@@H]1CN(c2ccnc3cc(Cl)ccc23)CC[C@@H]1N1CCOCC1. The van der Waals surface area contributed by atoms with Crippen molar-refractivity contribution in [1.82, 2.24) is 9.88 Å². The van der Waals surface area contributed by atoms with Crippen molar-refractivity contribution in [2.45, 2.75) is 25.3 Å². The molecule has 2 atom stereocenters. The third-order valence-electron chi connectivity index (χ3n) is 5.96. The lowest BCUT2D eigenvalue weighted by Gasteiger charge is -2.46. The van der Waals surface area contributed by atoms with E-state index in [1.54, 1.807) is 0 Å². The smallest absolute Gasteiger partial charge is 0.303 e. The second-order valence-corrected chi connectivity index (χ2v) is 8.07. The molecule has 0 bridgehead atoms. The fraction of sp³-hybridized carbons (Fsp3) is 0.524. The normalized spacial score (nSPS) is 23.8. The van der Waals surface area contributed by atoms with Crippen molar-refractivity contribution in [3.05, 3.63) is 35.5 Å². The lowest BCUT2D eigenvalue weighted by atomic mass is 9.86. The summed E-state index contributed by atoms with van der Waals surface area (Å²) in [6.07, 6.45) is 3.77. The molecule has 0 unspecified atom stereocenters. The summed E-state index contributed by atoms with van der Waals surface area (Å²) < 4.78 is 5.51. The largest absolute Gasteiger partial charge is 0.481 e. The minimum absolute atomic E-state index is 0.214. The molecular weight excluding hydrogens is 378 g/mol. The number of rotatable bonds is 5. The molecule has 2 fully saturated rings. The molecule has 1 aromatic heterocycles. The number of aromatic nitrogens is 1. The maximum absolute atomic E-state index is 11.2. The van der Waals surface area contributed by atoms with Crippen LogP contribution in [0.1, 0.15) is 19.3 Å². The van der Waals surface area contributed by atoms with Gasteiger partial charge in [0.1, 0.15) is 0 Å². The number of morpholine rings is 1. The van der Waals surface area contributed by atoms with Crippen LogP contribution in [-0.4, -0.2) is 66.4 Å². The molecule has 2 aliphatic rings. The first kappa shape index (κ1) is 19.4. The second-order valence-electron chi connectivity index (χ2n) is 7.63. The van der Waals surface area contributed by atoms with Crippen LogP contribution in [0.15, 0.2) is 30.5 Å². The van der Waals surface area contributed by atoms with E-state index in [0.717, 1.165) is 62.4 Å². The lowest BCUT2D eigenvalue weighted by Crippen LogP contribution is -2.54. The Bertz CT molecular complexity index is 841. The molecule has 0 amide bonds. The summed E-state index contributed by atoms with van der Waals surface area (Å²) in [5.41, 5.74) is 2.05. The molecule has 7 heteroatoms. The van der Waals surface area contributed by atoms with Crippen LogP contribution in [0.4, 0.5) is 5.69 Å². The molecule has 4 rings (SSSR count). The number of halogens is 1. The average Bonchev–Trinajstić information content (AvgIpc) is 2.72. The Hall–Kier alpha value is -1.89. The Morgan fingerprint density at radius 1 is 1.25 bits per heavy atom. The van der Waals surface area contributed by atoms with E-state index < -0.39 is 5.97 Å². The number of anilines is 1. The van der Waals surface area contributed by atoms with Gasteiger partial charge in [-0.1, -0.05) is 11.6 Å². The van der Waals surface area contributed by atoms with Gasteiger partial charge in [-0.2, -0.15) is 0 Å². The minimum Gasteiger partial charge on any atom is -0.481 e. The molecule has 2 saturated heterocycles. The first-order valence-electron chi connectivity index (χ1n) is 9.94. The number of carboxylic acids is 1. The van der Waals surface area contributed by atoms with Gasteiger partial charge in [-0.25, -0.2) is 0 Å². The number of ether oxygens (including phenoxy) is 1. The fourth-order valence-electron chi connectivity index (χ4n) is 4.60. The van der Waals surface area contributed by atoms with Gasteiger partial charge in [0.25, 0.3) is 0 Å². The Balaban J connectivity index is 1.57. The number of aliphatic carboxylic acids is 1. The van der Waals surface area contributed by atoms with Crippen LogP contribution in [0.25, 0.3) is 10.9 Å². The van der Waals surface area contributed by atoms with E-state index in [0.29, 0.717) is 23.4 Å². The van der Waals surface area contributed by atoms with Gasteiger partial charge in [0.15, 0.2) is 0 Å². The van der Waals surface area contributed by atoms with Crippen molar-refractivity contribution in [1.29, 1.82) is 0 Å². The number of nitrogens with zero attached hydrogens (tertiary/aromatic N) is 3. The molecule has 150 valence electrons. The molecule has 2 aliphatic heterocycles. The van der Waals surface area contributed by atoms with E-state index in [4.69, 9.17) is 16.3 Å². The second kappa shape index (κ2) is 8.64. The minimum atomic E-state index is -0.721. The molecular formula is C21H26ClN3O3. The molecule has 0 radical (unpaired) electrons.